The molecule has 0 radical (unpaired) electrons. The van der Waals surface area contributed by atoms with E-state index in [1.54, 1.807) is 12.1 Å². The Morgan fingerprint density at radius 2 is 1.50 bits per heavy atom. The van der Waals surface area contributed by atoms with Crippen molar-refractivity contribution < 1.29 is 14.4 Å². The first-order chi connectivity index (χ1) is 15.6. The second kappa shape index (κ2) is 11.4. The number of carbonyl (C=O) groups excluding carboxylic acids is 3. The normalized spacial score (nSPS) is 10.4. The van der Waals surface area contributed by atoms with Crippen molar-refractivity contribution in [2.75, 3.05) is 11.9 Å². The second-order valence-electron chi connectivity index (χ2n) is 7.30. The number of carbonyl (C=O) groups is 3. The summed E-state index contributed by atoms with van der Waals surface area (Å²) in [7, 11) is 0. The van der Waals surface area contributed by atoms with E-state index in [-0.39, 0.29) is 31.1 Å². The third kappa shape index (κ3) is 6.50. The van der Waals surface area contributed by atoms with Crippen molar-refractivity contribution in [1.29, 1.82) is 0 Å². The Balaban J connectivity index is 1.79. The predicted octanol–water partition coefficient (Wildman–Crippen LogP) is 2.33. The maximum Gasteiger partial charge on any atom is 0.275 e. The van der Waals surface area contributed by atoms with Gasteiger partial charge in [-0.25, -0.2) is 0 Å². The molecule has 1 aromatic heterocycles. The fourth-order valence-corrected chi connectivity index (χ4v) is 3.31. The van der Waals surface area contributed by atoms with Crippen LogP contribution in [0.5, 0.6) is 0 Å². The molecule has 2 amide bonds. The lowest BCUT2D eigenvalue weighted by Crippen LogP contribution is -2.36. The van der Waals surface area contributed by atoms with Crippen LogP contribution in [0.2, 0.25) is 0 Å². The van der Waals surface area contributed by atoms with E-state index in [1.807, 2.05) is 60.7 Å². The quantitative estimate of drug-likeness (QED) is 0.482. The number of aryl methyl sites for hydroxylation is 1. The number of hydrogen-bond donors (Lipinski definition) is 2. The lowest BCUT2D eigenvalue weighted by molar-refractivity contribution is -0.123. The molecule has 7 nitrogen and oxygen atoms in total. The number of aldehydes is 1. The van der Waals surface area contributed by atoms with Crippen molar-refractivity contribution in [1.82, 2.24) is 9.88 Å². The van der Waals surface area contributed by atoms with Crippen LogP contribution in [0, 0.1) is 0 Å². The molecule has 0 aliphatic heterocycles. The summed E-state index contributed by atoms with van der Waals surface area (Å²) in [6.07, 6.45) is 1.81. The maximum atomic E-state index is 13.1. The van der Waals surface area contributed by atoms with Gasteiger partial charge in [-0.05, 0) is 29.7 Å². The van der Waals surface area contributed by atoms with E-state index in [9.17, 15) is 19.2 Å². The lowest BCUT2D eigenvalue weighted by Gasteiger charge is -2.15. The Kier molecular flexibility index (Phi) is 8.09. The second-order valence-corrected chi connectivity index (χ2v) is 7.30. The molecule has 2 aromatic carbocycles. The van der Waals surface area contributed by atoms with Gasteiger partial charge in [0, 0.05) is 18.5 Å². The van der Waals surface area contributed by atoms with Gasteiger partial charge < -0.3 is 20.0 Å². The fraction of sp³-hybridized carbons (Fsp3) is 0.200. The van der Waals surface area contributed by atoms with Gasteiger partial charge in [0.05, 0.1) is 6.54 Å². The number of nitrogens with one attached hydrogen (secondary N) is 2. The molecule has 0 saturated carbocycles. The van der Waals surface area contributed by atoms with E-state index >= 15 is 0 Å². The van der Waals surface area contributed by atoms with E-state index in [0.717, 1.165) is 11.1 Å². The number of rotatable bonds is 10. The molecule has 0 aliphatic rings. The van der Waals surface area contributed by atoms with Crippen molar-refractivity contribution in [3.8, 4) is 0 Å². The van der Waals surface area contributed by atoms with Crippen LogP contribution in [0.25, 0.3) is 0 Å². The molecule has 164 valence electrons. The first-order valence-corrected chi connectivity index (χ1v) is 10.4. The van der Waals surface area contributed by atoms with Gasteiger partial charge in [-0.1, -0.05) is 60.7 Å². The molecular formula is C25H25N3O4. The Bertz CT molecular complexity index is 1120. The Morgan fingerprint density at radius 1 is 0.844 bits per heavy atom. The number of amides is 2. The summed E-state index contributed by atoms with van der Waals surface area (Å²) >= 11 is 0. The first kappa shape index (κ1) is 22.7. The van der Waals surface area contributed by atoms with Crippen molar-refractivity contribution >= 4 is 23.8 Å². The molecule has 1 heterocycles. The highest BCUT2D eigenvalue weighted by Crippen LogP contribution is 2.12. The Labute approximate surface area is 186 Å². The highest BCUT2D eigenvalue weighted by atomic mass is 16.2. The number of benzene rings is 2. The molecule has 7 heteroatoms. The average Bonchev–Trinajstić information content (AvgIpc) is 2.82. The Morgan fingerprint density at radius 3 is 2.16 bits per heavy atom. The van der Waals surface area contributed by atoms with Crippen LogP contribution in [0.4, 0.5) is 5.69 Å². The number of anilines is 1. The zero-order valence-electron chi connectivity index (χ0n) is 17.6. The molecule has 0 aliphatic carbocycles. The third-order valence-corrected chi connectivity index (χ3v) is 4.93. The van der Waals surface area contributed by atoms with Gasteiger partial charge in [-0.15, -0.1) is 0 Å². The van der Waals surface area contributed by atoms with E-state index in [2.05, 4.69) is 10.6 Å². The minimum atomic E-state index is -0.465. The van der Waals surface area contributed by atoms with Crippen molar-refractivity contribution in [3.63, 3.8) is 0 Å². The molecule has 0 unspecified atom stereocenters. The summed E-state index contributed by atoms with van der Waals surface area (Å²) in [5, 5.41) is 5.11. The number of hydrogen-bond acceptors (Lipinski definition) is 4. The van der Waals surface area contributed by atoms with E-state index in [0.29, 0.717) is 24.8 Å². The van der Waals surface area contributed by atoms with E-state index in [4.69, 9.17) is 0 Å². The molecule has 3 aromatic rings. The van der Waals surface area contributed by atoms with E-state index < -0.39 is 11.5 Å². The summed E-state index contributed by atoms with van der Waals surface area (Å²) in [6, 6.07) is 22.5. The number of pyridine rings is 1. The van der Waals surface area contributed by atoms with E-state index in [1.165, 1.54) is 4.57 Å². The average molecular weight is 431 g/mol. The zero-order chi connectivity index (χ0) is 22.8. The molecule has 32 heavy (non-hydrogen) atoms. The standard InChI is InChI=1S/C25H25N3O4/c29-16-15-26-24(31)18-28-21(17-20-9-5-2-6-10-20)12-13-22(25(28)32)27-23(30)14-11-19-7-3-1-4-8-19/h1-10,12-13,16H,11,14-15,17-18H2,(H,26,31)(H,27,30). The van der Waals surface area contributed by atoms with Gasteiger partial charge >= 0.3 is 0 Å². The lowest BCUT2D eigenvalue weighted by atomic mass is 10.1. The maximum absolute atomic E-state index is 13.1. The first-order valence-electron chi connectivity index (χ1n) is 10.4. The molecule has 0 atom stereocenters. The van der Waals surface area contributed by atoms with Crippen LogP contribution in [0.15, 0.2) is 77.6 Å². The molecule has 0 bridgehead atoms. The van der Waals surface area contributed by atoms with Gasteiger partial charge in [0.1, 0.15) is 18.5 Å². The smallest absolute Gasteiger partial charge is 0.275 e. The Hall–Kier alpha value is -4.00. The van der Waals surface area contributed by atoms with Gasteiger partial charge in [0.25, 0.3) is 5.56 Å². The molecule has 3 rings (SSSR count). The summed E-state index contributed by atoms with van der Waals surface area (Å²) in [6.45, 7) is -0.375. The summed E-state index contributed by atoms with van der Waals surface area (Å²) in [5.41, 5.74) is 2.29. The zero-order valence-corrected chi connectivity index (χ0v) is 17.6. The van der Waals surface area contributed by atoms with Crippen LogP contribution >= 0.6 is 0 Å². The fourth-order valence-electron chi connectivity index (χ4n) is 3.31. The number of aromatic nitrogens is 1. The van der Waals surface area contributed by atoms with Crippen molar-refractivity contribution in [2.24, 2.45) is 0 Å². The molecule has 0 saturated heterocycles. The molecular weight excluding hydrogens is 406 g/mol. The predicted molar refractivity (Wildman–Crippen MR) is 122 cm³/mol. The minimum absolute atomic E-state index is 0.114. The summed E-state index contributed by atoms with van der Waals surface area (Å²) in [4.78, 5) is 48.3. The highest BCUT2D eigenvalue weighted by Gasteiger charge is 2.14. The monoisotopic (exact) mass is 431 g/mol. The SMILES string of the molecule is O=CCNC(=O)Cn1c(Cc2ccccc2)ccc(NC(=O)CCc2ccccc2)c1=O. The van der Waals surface area contributed by atoms with Crippen molar-refractivity contribution in [2.45, 2.75) is 25.8 Å². The van der Waals surface area contributed by atoms with Crippen LogP contribution in [-0.4, -0.2) is 29.2 Å². The van der Waals surface area contributed by atoms with Crippen LogP contribution in [0.1, 0.15) is 23.2 Å². The van der Waals surface area contributed by atoms with Gasteiger partial charge in [-0.2, -0.15) is 0 Å². The van der Waals surface area contributed by atoms with Crippen LogP contribution in [0.3, 0.4) is 0 Å². The van der Waals surface area contributed by atoms with Gasteiger partial charge in [-0.3, -0.25) is 14.4 Å². The number of nitrogens with zero attached hydrogens (tertiary/aromatic N) is 1. The molecule has 0 spiro atoms. The van der Waals surface area contributed by atoms with Crippen LogP contribution < -0.4 is 16.2 Å². The van der Waals surface area contributed by atoms with Crippen LogP contribution in [-0.2, 0) is 33.8 Å². The summed E-state index contributed by atoms with van der Waals surface area (Å²) < 4.78 is 1.33. The highest BCUT2D eigenvalue weighted by molar-refractivity contribution is 5.90. The topological polar surface area (TPSA) is 97.3 Å². The van der Waals surface area contributed by atoms with Crippen molar-refractivity contribution in [3.05, 3.63) is 100.0 Å². The van der Waals surface area contributed by atoms with Gasteiger partial charge in [0.2, 0.25) is 11.8 Å². The molecule has 2 N–H and O–H groups in total. The minimum Gasteiger partial charge on any atom is -0.348 e. The largest absolute Gasteiger partial charge is 0.348 e. The molecule has 0 fully saturated rings. The van der Waals surface area contributed by atoms with Gasteiger partial charge in [0.15, 0.2) is 0 Å². The third-order valence-electron chi connectivity index (χ3n) is 4.93. The summed E-state index contributed by atoms with van der Waals surface area (Å²) in [5.74, 6) is -0.736.